The fraction of sp³-hybridized carbons (Fsp3) is 0. The van der Waals surface area contributed by atoms with Crippen molar-refractivity contribution < 1.29 is 9.59 Å². The lowest BCUT2D eigenvalue weighted by molar-refractivity contribution is -0.120. The summed E-state index contributed by atoms with van der Waals surface area (Å²) in [6, 6.07) is 7.98. The minimum atomic E-state index is -0.684. The van der Waals surface area contributed by atoms with Crippen molar-refractivity contribution >= 4 is 40.7 Å². The molecule has 6 heteroatoms. The molecule has 0 saturated carbocycles. The molecule has 0 fully saturated rings. The Bertz CT molecular complexity index is 578. The minimum absolute atomic E-state index is 0.271. The fourth-order valence-corrected chi connectivity index (χ4v) is 1.76. The number of anilines is 1. The first kappa shape index (κ1) is 11.6. The Balaban J connectivity index is 2.47. The molecule has 0 unspecified atom stereocenters. The van der Waals surface area contributed by atoms with Crippen LogP contribution in [0, 0.1) is 11.3 Å². The number of carbonyl (C=O) groups excluding carboxylic acids is 2. The molecule has 0 saturated heterocycles. The largest absolute Gasteiger partial charge is 0.278 e. The smallest absolute Gasteiger partial charge is 0.267 e. The summed E-state index contributed by atoms with van der Waals surface area (Å²) in [6.07, 6.45) is 0. The summed E-state index contributed by atoms with van der Waals surface area (Å²) in [6.45, 7) is 0. The Kier molecular flexibility index (Phi) is 2.88. The molecule has 1 aliphatic rings. The van der Waals surface area contributed by atoms with Crippen molar-refractivity contribution in [2.75, 3.05) is 4.90 Å². The van der Waals surface area contributed by atoms with Crippen LogP contribution in [0.25, 0.3) is 0 Å². The summed E-state index contributed by atoms with van der Waals surface area (Å²) in [4.78, 5) is 24.2. The van der Waals surface area contributed by atoms with Crippen LogP contribution in [-0.2, 0) is 9.59 Å². The molecule has 0 spiro atoms. The lowest BCUT2D eigenvalue weighted by atomic mass is 10.2. The summed E-state index contributed by atoms with van der Waals surface area (Å²) >= 11 is 11.2. The first-order valence-electron chi connectivity index (χ1n) is 4.50. The zero-order chi connectivity index (χ0) is 12.6. The highest BCUT2D eigenvalue weighted by Crippen LogP contribution is 2.31. The Labute approximate surface area is 107 Å². The molecule has 0 N–H and O–H groups in total. The van der Waals surface area contributed by atoms with Gasteiger partial charge in [0.1, 0.15) is 10.1 Å². The number of nitriles is 1. The van der Waals surface area contributed by atoms with Gasteiger partial charge in [0.2, 0.25) is 0 Å². The number of rotatable bonds is 1. The second-order valence-electron chi connectivity index (χ2n) is 3.24. The maximum absolute atomic E-state index is 11.7. The average molecular weight is 267 g/mol. The van der Waals surface area contributed by atoms with Crippen molar-refractivity contribution in [1.29, 1.82) is 5.26 Å². The highest BCUT2D eigenvalue weighted by molar-refractivity contribution is 6.62. The molecular formula is C11H4Cl2N2O2. The first-order chi connectivity index (χ1) is 8.06. The molecule has 4 nitrogen and oxygen atoms in total. The fourth-order valence-electron chi connectivity index (χ4n) is 1.43. The van der Waals surface area contributed by atoms with E-state index in [-0.39, 0.29) is 15.8 Å². The molecule has 0 aliphatic carbocycles. The molecule has 2 amide bonds. The van der Waals surface area contributed by atoms with E-state index in [1.54, 1.807) is 12.1 Å². The van der Waals surface area contributed by atoms with Crippen molar-refractivity contribution in [1.82, 2.24) is 0 Å². The van der Waals surface area contributed by atoms with E-state index in [2.05, 4.69) is 0 Å². The zero-order valence-electron chi connectivity index (χ0n) is 8.28. The van der Waals surface area contributed by atoms with Crippen LogP contribution in [0.4, 0.5) is 5.69 Å². The summed E-state index contributed by atoms with van der Waals surface area (Å²) in [5.41, 5.74) is 0.607. The monoisotopic (exact) mass is 266 g/mol. The minimum Gasteiger partial charge on any atom is -0.267 e. The van der Waals surface area contributed by atoms with E-state index in [0.717, 1.165) is 4.90 Å². The molecule has 0 radical (unpaired) electrons. The van der Waals surface area contributed by atoms with Crippen LogP contribution in [0.1, 0.15) is 5.56 Å². The maximum atomic E-state index is 11.7. The van der Waals surface area contributed by atoms with Crippen LogP contribution in [0.5, 0.6) is 0 Å². The van der Waals surface area contributed by atoms with Crippen molar-refractivity contribution in [2.24, 2.45) is 0 Å². The van der Waals surface area contributed by atoms with Crippen molar-refractivity contribution in [3.8, 4) is 6.07 Å². The van der Waals surface area contributed by atoms with Gasteiger partial charge in [-0.05, 0) is 18.2 Å². The summed E-state index contributed by atoms with van der Waals surface area (Å²) in [5.74, 6) is -1.37. The average Bonchev–Trinajstić information content (AvgIpc) is 2.54. The van der Waals surface area contributed by atoms with Gasteiger partial charge in [-0.3, -0.25) is 9.59 Å². The van der Waals surface area contributed by atoms with Gasteiger partial charge in [-0.2, -0.15) is 5.26 Å². The van der Waals surface area contributed by atoms with Crippen LogP contribution in [0.3, 0.4) is 0 Å². The number of carbonyl (C=O) groups is 2. The highest BCUT2D eigenvalue weighted by atomic mass is 35.5. The van der Waals surface area contributed by atoms with E-state index in [0.29, 0.717) is 5.56 Å². The van der Waals surface area contributed by atoms with Crippen LogP contribution < -0.4 is 4.90 Å². The molecule has 1 heterocycles. The van der Waals surface area contributed by atoms with Gasteiger partial charge in [0.05, 0.1) is 17.3 Å². The van der Waals surface area contributed by atoms with E-state index in [1.165, 1.54) is 12.1 Å². The Morgan fingerprint density at radius 2 is 1.71 bits per heavy atom. The van der Waals surface area contributed by atoms with Gasteiger partial charge in [0, 0.05) is 0 Å². The third-order valence-electron chi connectivity index (χ3n) is 2.21. The number of amides is 2. The van der Waals surface area contributed by atoms with Gasteiger partial charge in [-0.25, -0.2) is 4.90 Å². The van der Waals surface area contributed by atoms with Crippen LogP contribution in [0.2, 0.25) is 0 Å². The normalized spacial score (nSPS) is 15.5. The lowest BCUT2D eigenvalue weighted by Gasteiger charge is -2.13. The van der Waals surface area contributed by atoms with E-state index < -0.39 is 11.8 Å². The second kappa shape index (κ2) is 4.21. The second-order valence-corrected chi connectivity index (χ2v) is 3.99. The maximum Gasteiger partial charge on any atom is 0.278 e. The molecule has 84 valence electrons. The topological polar surface area (TPSA) is 61.2 Å². The zero-order valence-corrected chi connectivity index (χ0v) is 9.79. The number of nitrogens with zero attached hydrogens (tertiary/aromatic N) is 2. The third-order valence-corrected chi connectivity index (χ3v) is 3.01. The molecule has 1 aromatic rings. The van der Waals surface area contributed by atoms with E-state index >= 15 is 0 Å². The lowest BCUT2D eigenvalue weighted by Crippen LogP contribution is -2.30. The van der Waals surface area contributed by atoms with Crippen molar-refractivity contribution in [3.05, 3.63) is 39.9 Å². The molecular weight excluding hydrogens is 263 g/mol. The predicted molar refractivity (Wildman–Crippen MR) is 62.4 cm³/mol. The van der Waals surface area contributed by atoms with Gasteiger partial charge in [-0.15, -0.1) is 0 Å². The Morgan fingerprint density at radius 3 is 2.24 bits per heavy atom. The van der Waals surface area contributed by atoms with Crippen LogP contribution in [0.15, 0.2) is 34.3 Å². The highest BCUT2D eigenvalue weighted by Gasteiger charge is 2.37. The summed E-state index contributed by atoms with van der Waals surface area (Å²) < 4.78 is 0. The SMILES string of the molecule is N#Cc1cccc(N2C(=O)C(Cl)=C(Cl)C2=O)c1. The van der Waals surface area contributed by atoms with Gasteiger partial charge in [-0.1, -0.05) is 29.3 Å². The molecule has 0 atom stereocenters. The van der Waals surface area contributed by atoms with Gasteiger partial charge in [0.15, 0.2) is 0 Å². The number of benzene rings is 1. The Hall–Kier alpha value is -1.83. The molecule has 0 aromatic heterocycles. The number of hydrogen-bond acceptors (Lipinski definition) is 3. The van der Waals surface area contributed by atoms with Gasteiger partial charge in [0.25, 0.3) is 11.8 Å². The Morgan fingerprint density at radius 1 is 1.12 bits per heavy atom. The summed E-state index contributed by atoms with van der Waals surface area (Å²) in [7, 11) is 0. The number of hydrogen-bond donors (Lipinski definition) is 0. The standard InChI is InChI=1S/C11H4Cl2N2O2/c12-8-9(13)11(17)15(10(8)16)7-3-1-2-6(4-7)5-14/h1-4H. The van der Waals surface area contributed by atoms with Crippen LogP contribution >= 0.6 is 23.2 Å². The molecule has 2 rings (SSSR count). The number of halogens is 2. The van der Waals surface area contributed by atoms with Crippen molar-refractivity contribution in [3.63, 3.8) is 0 Å². The van der Waals surface area contributed by atoms with Crippen molar-refractivity contribution in [2.45, 2.75) is 0 Å². The number of imide groups is 1. The summed E-state index contributed by atoms with van der Waals surface area (Å²) in [5, 5.41) is 8.13. The van der Waals surface area contributed by atoms with Gasteiger partial charge < -0.3 is 0 Å². The first-order valence-corrected chi connectivity index (χ1v) is 5.26. The molecule has 17 heavy (non-hydrogen) atoms. The van der Waals surface area contributed by atoms with Gasteiger partial charge >= 0.3 is 0 Å². The van der Waals surface area contributed by atoms with E-state index in [9.17, 15) is 9.59 Å². The van der Waals surface area contributed by atoms with Crippen LogP contribution in [-0.4, -0.2) is 11.8 Å². The molecule has 0 bridgehead atoms. The molecule has 1 aromatic carbocycles. The predicted octanol–water partition coefficient (Wildman–Crippen LogP) is 2.12. The molecule has 1 aliphatic heterocycles. The quantitative estimate of drug-likeness (QED) is 0.732. The third kappa shape index (κ3) is 1.80. The van der Waals surface area contributed by atoms with E-state index in [4.69, 9.17) is 28.5 Å². The van der Waals surface area contributed by atoms with E-state index in [1.807, 2.05) is 6.07 Å².